The standard InChI is InChI=1S/C18H20N4O.C2HF3O2/c23-18(14-3-7-19-8-4-14)22-11-15-5-9-21(12-16(15)13-22)17-2-1-6-20-10-17;3-2(4,5)1(6)7/h1-4,6-8,10,15-16H,5,9,11-13H2;(H,6,7)/t15-,16+;/m0./s1. The number of carbonyl (C=O) groups is 2. The summed E-state index contributed by atoms with van der Waals surface area (Å²) in [5.74, 6) is -1.45. The van der Waals surface area contributed by atoms with Crippen molar-refractivity contribution >= 4 is 17.6 Å². The first-order valence-electron chi connectivity index (χ1n) is 9.40. The van der Waals surface area contributed by atoms with E-state index >= 15 is 0 Å². The van der Waals surface area contributed by atoms with E-state index in [2.05, 4.69) is 20.9 Å². The molecule has 0 aromatic carbocycles. The smallest absolute Gasteiger partial charge is 0.475 e. The zero-order chi connectivity index (χ0) is 21.7. The summed E-state index contributed by atoms with van der Waals surface area (Å²) in [5, 5.41) is 7.12. The number of fused-ring (bicyclic) bond motifs is 1. The van der Waals surface area contributed by atoms with Crippen LogP contribution in [0, 0.1) is 11.8 Å². The maximum Gasteiger partial charge on any atom is 0.490 e. The van der Waals surface area contributed by atoms with E-state index in [9.17, 15) is 18.0 Å². The van der Waals surface area contributed by atoms with Crippen LogP contribution in [0.4, 0.5) is 18.9 Å². The van der Waals surface area contributed by atoms with Crippen molar-refractivity contribution in [2.24, 2.45) is 11.8 Å². The van der Waals surface area contributed by atoms with Crippen LogP contribution in [0.15, 0.2) is 49.1 Å². The molecule has 2 aromatic heterocycles. The number of rotatable bonds is 2. The molecule has 0 saturated carbocycles. The highest BCUT2D eigenvalue weighted by Crippen LogP contribution is 2.33. The molecule has 0 aliphatic carbocycles. The van der Waals surface area contributed by atoms with Crippen LogP contribution < -0.4 is 4.90 Å². The SMILES string of the molecule is O=C(O)C(F)(F)F.O=C(c1ccncc1)N1C[C@@H]2CCN(c3cccnc3)C[C@@H]2C1. The number of likely N-dealkylation sites (tertiary alicyclic amines) is 1. The average molecular weight is 422 g/mol. The van der Waals surface area contributed by atoms with Gasteiger partial charge in [-0.05, 0) is 42.5 Å². The summed E-state index contributed by atoms with van der Waals surface area (Å²) in [7, 11) is 0. The molecule has 0 unspecified atom stereocenters. The Morgan fingerprint density at radius 2 is 1.67 bits per heavy atom. The fraction of sp³-hybridized carbons (Fsp3) is 0.400. The van der Waals surface area contributed by atoms with Crippen molar-refractivity contribution in [1.82, 2.24) is 14.9 Å². The molecule has 2 saturated heterocycles. The summed E-state index contributed by atoms with van der Waals surface area (Å²) in [5.41, 5.74) is 1.92. The van der Waals surface area contributed by atoms with E-state index in [0.717, 1.165) is 38.2 Å². The van der Waals surface area contributed by atoms with Crippen LogP contribution in [0.5, 0.6) is 0 Å². The predicted molar refractivity (Wildman–Crippen MR) is 102 cm³/mol. The number of alkyl halides is 3. The average Bonchev–Trinajstić information content (AvgIpc) is 3.17. The minimum Gasteiger partial charge on any atom is -0.475 e. The van der Waals surface area contributed by atoms with E-state index in [1.54, 1.807) is 30.7 Å². The first-order chi connectivity index (χ1) is 14.3. The topological polar surface area (TPSA) is 86.6 Å². The van der Waals surface area contributed by atoms with Gasteiger partial charge in [0.05, 0.1) is 11.9 Å². The van der Waals surface area contributed by atoms with E-state index in [1.807, 2.05) is 17.2 Å². The second-order valence-corrected chi connectivity index (χ2v) is 7.22. The maximum absolute atomic E-state index is 12.6. The highest BCUT2D eigenvalue weighted by Gasteiger charge is 2.39. The number of nitrogens with zero attached hydrogens (tertiary/aromatic N) is 4. The summed E-state index contributed by atoms with van der Waals surface area (Å²) in [4.78, 5) is 34.1. The van der Waals surface area contributed by atoms with E-state index in [-0.39, 0.29) is 5.91 Å². The summed E-state index contributed by atoms with van der Waals surface area (Å²) >= 11 is 0. The van der Waals surface area contributed by atoms with Crippen molar-refractivity contribution in [1.29, 1.82) is 0 Å². The summed E-state index contributed by atoms with van der Waals surface area (Å²) in [6.45, 7) is 3.79. The lowest BCUT2D eigenvalue weighted by Crippen LogP contribution is -2.40. The lowest BCUT2D eigenvalue weighted by atomic mass is 9.88. The minimum atomic E-state index is -5.08. The Bertz CT molecular complexity index is 865. The largest absolute Gasteiger partial charge is 0.490 e. The van der Waals surface area contributed by atoms with Crippen LogP contribution in [-0.4, -0.2) is 64.2 Å². The number of carboxylic acid groups (broad SMARTS) is 1. The highest BCUT2D eigenvalue weighted by atomic mass is 19.4. The van der Waals surface area contributed by atoms with Gasteiger partial charge in [-0.1, -0.05) is 0 Å². The zero-order valence-corrected chi connectivity index (χ0v) is 16.0. The number of carbonyl (C=O) groups excluding carboxylic acids is 1. The third-order valence-corrected chi connectivity index (χ3v) is 5.27. The Morgan fingerprint density at radius 1 is 1.00 bits per heavy atom. The molecule has 30 heavy (non-hydrogen) atoms. The van der Waals surface area contributed by atoms with Gasteiger partial charge in [0.15, 0.2) is 0 Å². The Balaban J connectivity index is 0.000000318. The normalized spacial score (nSPS) is 20.8. The van der Waals surface area contributed by atoms with Crippen molar-refractivity contribution in [3.05, 3.63) is 54.6 Å². The Morgan fingerprint density at radius 3 is 2.27 bits per heavy atom. The summed E-state index contributed by atoms with van der Waals surface area (Å²) in [6.07, 6.45) is 3.15. The number of piperidine rings is 1. The van der Waals surface area contributed by atoms with Gasteiger partial charge in [-0.3, -0.25) is 14.8 Å². The molecule has 10 heteroatoms. The van der Waals surface area contributed by atoms with Crippen molar-refractivity contribution in [3.8, 4) is 0 Å². The molecule has 4 heterocycles. The zero-order valence-electron chi connectivity index (χ0n) is 16.0. The van der Waals surface area contributed by atoms with Gasteiger partial charge in [-0.15, -0.1) is 0 Å². The quantitative estimate of drug-likeness (QED) is 0.801. The lowest BCUT2D eigenvalue weighted by molar-refractivity contribution is -0.192. The van der Waals surface area contributed by atoms with Gasteiger partial charge in [0.25, 0.3) is 5.91 Å². The third kappa shape index (κ3) is 5.25. The maximum atomic E-state index is 12.6. The van der Waals surface area contributed by atoms with Crippen molar-refractivity contribution < 1.29 is 27.9 Å². The fourth-order valence-electron chi connectivity index (χ4n) is 3.79. The number of amides is 1. The number of hydrogen-bond acceptors (Lipinski definition) is 5. The molecule has 2 aliphatic rings. The van der Waals surface area contributed by atoms with E-state index in [4.69, 9.17) is 9.90 Å². The molecule has 2 aliphatic heterocycles. The van der Waals surface area contributed by atoms with Crippen LogP contribution in [0.1, 0.15) is 16.8 Å². The van der Waals surface area contributed by atoms with Crippen LogP contribution in [0.25, 0.3) is 0 Å². The molecule has 160 valence electrons. The first-order valence-corrected chi connectivity index (χ1v) is 9.40. The van der Waals surface area contributed by atoms with Crippen LogP contribution >= 0.6 is 0 Å². The molecular weight excluding hydrogens is 401 g/mol. The van der Waals surface area contributed by atoms with Crippen LogP contribution in [-0.2, 0) is 4.79 Å². The molecule has 1 N–H and O–H groups in total. The number of anilines is 1. The lowest BCUT2D eigenvalue weighted by Gasteiger charge is -2.35. The van der Waals surface area contributed by atoms with Crippen LogP contribution in [0.3, 0.4) is 0 Å². The molecular formula is C20H21F3N4O3. The first kappa shape index (κ1) is 21.5. The monoisotopic (exact) mass is 422 g/mol. The molecule has 0 bridgehead atoms. The van der Waals surface area contributed by atoms with Crippen molar-refractivity contribution in [2.75, 3.05) is 31.1 Å². The molecule has 2 fully saturated rings. The van der Waals surface area contributed by atoms with Gasteiger partial charge in [-0.25, -0.2) is 4.79 Å². The molecule has 0 spiro atoms. The second kappa shape index (κ2) is 9.10. The number of aromatic nitrogens is 2. The van der Waals surface area contributed by atoms with Gasteiger partial charge in [-0.2, -0.15) is 13.2 Å². The molecule has 2 aromatic rings. The van der Waals surface area contributed by atoms with E-state index in [1.165, 1.54) is 5.69 Å². The summed E-state index contributed by atoms with van der Waals surface area (Å²) < 4.78 is 31.7. The number of carboxylic acids is 1. The Kier molecular flexibility index (Phi) is 6.53. The van der Waals surface area contributed by atoms with Crippen molar-refractivity contribution in [2.45, 2.75) is 12.6 Å². The molecule has 7 nitrogen and oxygen atoms in total. The van der Waals surface area contributed by atoms with Gasteiger partial charge in [0, 0.05) is 50.3 Å². The summed E-state index contributed by atoms with van der Waals surface area (Å²) in [6, 6.07) is 7.69. The van der Waals surface area contributed by atoms with Gasteiger partial charge >= 0.3 is 12.1 Å². The number of halogens is 3. The third-order valence-electron chi connectivity index (χ3n) is 5.27. The van der Waals surface area contributed by atoms with E-state index < -0.39 is 12.1 Å². The number of aliphatic carboxylic acids is 1. The molecule has 1 amide bonds. The van der Waals surface area contributed by atoms with Crippen LogP contribution in [0.2, 0.25) is 0 Å². The number of hydrogen-bond donors (Lipinski definition) is 1. The van der Waals surface area contributed by atoms with Crippen molar-refractivity contribution in [3.63, 3.8) is 0 Å². The fourth-order valence-corrected chi connectivity index (χ4v) is 3.79. The predicted octanol–water partition coefficient (Wildman–Crippen LogP) is 2.71. The second-order valence-electron chi connectivity index (χ2n) is 7.22. The van der Waals surface area contributed by atoms with E-state index in [0.29, 0.717) is 11.8 Å². The molecule has 4 rings (SSSR count). The highest BCUT2D eigenvalue weighted by molar-refractivity contribution is 5.94. The Hall–Kier alpha value is -3.17. The minimum absolute atomic E-state index is 0.134. The van der Waals surface area contributed by atoms with Gasteiger partial charge < -0.3 is 14.9 Å². The molecule has 0 radical (unpaired) electrons. The molecule has 2 atom stereocenters. The van der Waals surface area contributed by atoms with Gasteiger partial charge in [0.1, 0.15) is 0 Å². The Labute approximate surface area is 171 Å². The number of pyridine rings is 2. The van der Waals surface area contributed by atoms with Gasteiger partial charge in [0.2, 0.25) is 0 Å².